The number of anilines is 1. The van der Waals surface area contributed by atoms with Gasteiger partial charge in [-0.25, -0.2) is 4.98 Å². The Labute approximate surface area is 172 Å². The summed E-state index contributed by atoms with van der Waals surface area (Å²) in [6.07, 6.45) is 0. The van der Waals surface area contributed by atoms with Crippen LogP contribution in [0.15, 0.2) is 58.5 Å². The topological polar surface area (TPSA) is 84.3 Å². The van der Waals surface area contributed by atoms with Gasteiger partial charge in [0.15, 0.2) is 5.16 Å². The largest absolute Gasteiger partial charge is 0.345 e. The van der Waals surface area contributed by atoms with E-state index in [1.807, 2.05) is 13.0 Å². The number of fused-ring (bicyclic) bond motifs is 1. The molecule has 0 bridgehead atoms. The third-order valence-electron chi connectivity index (χ3n) is 4.27. The molecule has 0 aliphatic rings. The molecule has 8 heteroatoms. The van der Waals surface area contributed by atoms with Crippen LogP contribution in [0.3, 0.4) is 0 Å². The van der Waals surface area contributed by atoms with Crippen molar-refractivity contribution in [3.05, 3.63) is 64.4 Å². The highest BCUT2D eigenvalue weighted by atomic mass is 32.2. The molecular weight excluding hydrogens is 388 g/mol. The van der Waals surface area contributed by atoms with Gasteiger partial charge in [0.2, 0.25) is 5.91 Å². The fourth-order valence-electron chi connectivity index (χ4n) is 2.85. The Bertz CT molecular complexity index is 1120. The number of benzene rings is 2. The maximum atomic E-state index is 12.6. The van der Waals surface area contributed by atoms with Crippen molar-refractivity contribution in [2.45, 2.75) is 18.6 Å². The number of nitrogens with zero attached hydrogens (tertiary/aromatic N) is 3. The average molecular weight is 410 g/mol. The minimum absolute atomic E-state index is 0.0939. The molecule has 3 rings (SSSR count). The lowest BCUT2D eigenvalue weighted by Gasteiger charge is -2.12. The number of hydrogen-bond acceptors (Lipinski definition) is 5. The van der Waals surface area contributed by atoms with Crippen LogP contribution in [-0.4, -0.2) is 46.1 Å². The molecule has 7 nitrogen and oxygen atoms in total. The first-order chi connectivity index (χ1) is 13.9. The molecular formula is C21H22N4O3S. The van der Waals surface area contributed by atoms with E-state index in [0.717, 1.165) is 0 Å². The van der Waals surface area contributed by atoms with Crippen molar-refractivity contribution in [2.75, 3.05) is 25.2 Å². The monoisotopic (exact) mass is 410 g/mol. The molecule has 150 valence electrons. The Morgan fingerprint density at radius 1 is 1.14 bits per heavy atom. The lowest BCUT2D eigenvalue weighted by molar-refractivity contribution is -0.113. The fraction of sp³-hybridized carbons (Fsp3) is 0.238. The van der Waals surface area contributed by atoms with Gasteiger partial charge in [-0.05, 0) is 37.3 Å². The number of nitrogens with one attached hydrogen (secondary N) is 1. The van der Waals surface area contributed by atoms with E-state index in [2.05, 4.69) is 10.3 Å². The van der Waals surface area contributed by atoms with Crippen molar-refractivity contribution >= 4 is 40.2 Å². The van der Waals surface area contributed by atoms with Crippen LogP contribution in [0.25, 0.3) is 10.9 Å². The van der Waals surface area contributed by atoms with Gasteiger partial charge >= 0.3 is 0 Å². The Hall–Kier alpha value is -3.13. The van der Waals surface area contributed by atoms with Gasteiger partial charge in [0.25, 0.3) is 11.5 Å². The molecule has 0 aliphatic heterocycles. The Kier molecular flexibility index (Phi) is 6.33. The van der Waals surface area contributed by atoms with Crippen molar-refractivity contribution in [3.63, 3.8) is 0 Å². The van der Waals surface area contributed by atoms with Crippen LogP contribution in [0.5, 0.6) is 0 Å². The van der Waals surface area contributed by atoms with Crippen molar-refractivity contribution in [1.29, 1.82) is 0 Å². The minimum atomic E-state index is -0.241. The Morgan fingerprint density at radius 3 is 2.62 bits per heavy atom. The number of carbonyl (C=O) groups is 2. The zero-order chi connectivity index (χ0) is 21.0. The molecule has 1 heterocycles. The predicted molar refractivity (Wildman–Crippen MR) is 115 cm³/mol. The van der Waals surface area contributed by atoms with E-state index < -0.39 is 0 Å². The third-order valence-corrected chi connectivity index (χ3v) is 5.25. The second-order valence-corrected chi connectivity index (χ2v) is 7.52. The molecule has 0 spiro atoms. The number of rotatable bonds is 6. The SMILES string of the molecule is CCn1c(SCC(=O)Nc2cccc(C(=O)N(C)C)c2)nc2ccccc2c1=O. The van der Waals surface area contributed by atoms with E-state index >= 15 is 0 Å². The van der Waals surface area contributed by atoms with Crippen molar-refractivity contribution in [1.82, 2.24) is 14.5 Å². The molecule has 1 aromatic heterocycles. The lowest BCUT2D eigenvalue weighted by atomic mass is 10.2. The summed E-state index contributed by atoms with van der Waals surface area (Å²) in [4.78, 5) is 43.1. The van der Waals surface area contributed by atoms with Gasteiger partial charge in [-0.1, -0.05) is 30.0 Å². The first kappa shape index (κ1) is 20.6. The average Bonchev–Trinajstić information content (AvgIpc) is 2.72. The van der Waals surface area contributed by atoms with Gasteiger partial charge in [-0.2, -0.15) is 0 Å². The molecule has 0 saturated heterocycles. The molecule has 29 heavy (non-hydrogen) atoms. The van der Waals surface area contributed by atoms with Crippen LogP contribution in [0.2, 0.25) is 0 Å². The number of carbonyl (C=O) groups excluding carboxylic acids is 2. The molecule has 3 aromatic rings. The Morgan fingerprint density at radius 2 is 1.90 bits per heavy atom. The van der Waals surface area contributed by atoms with E-state index in [9.17, 15) is 14.4 Å². The van der Waals surface area contributed by atoms with Crippen molar-refractivity contribution in [2.24, 2.45) is 0 Å². The second kappa shape index (κ2) is 8.91. The number of para-hydroxylation sites is 1. The molecule has 0 radical (unpaired) electrons. The summed E-state index contributed by atoms with van der Waals surface area (Å²) in [6.45, 7) is 2.34. The quantitative estimate of drug-likeness (QED) is 0.499. The predicted octanol–water partition coefficient (Wildman–Crippen LogP) is 2.85. The van der Waals surface area contributed by atoms with Crippen LogP contribution in [0, 0.1) is 0 Å². The standard InChI is InChI=1S/C21H22N4O3S/c1-4-25-20(28)16-10-5-6-11-17(16)23-21(25)29-13-18(26)22-15-9-7-8-14(12-15)19(27)24(2)3/h5-12H,4,13H2,1-3H3,(H,22,26). The lowest BCUT2D eigenvalue weighted by Crippen LogP contribution is -2.23. The summed E-state index contributed by atoms with van der Waals surface area (Å²) < 4.78 is 1.57. The second-order valence-electron chi connectivity index (χ2n) is 6.58. The highest BCUT2D eigenvalue weighted by Gasteiger charge is 2.13. The molecule has 1 N–H and O–H groups in total. The van der Waals surface area contributed by atoms with Gasteiger partial charge in [-0.3, -0.25) is 19.0 Å². The maximum absolute atomic E-state index is 12.6. The van der Waals surface area contributed by atoms with Gasteiger partial charge in [0.05, 0.1) is 16.7 Å². The van der Waals surface area contributed by atoms with E-state index in [4.69, 9.17) is 0 Å². The fourth-order valence-corrected chi connectivity index (χ4v) is 3.72. The molecule has 2 aromatic carbocycles. The summed E-state index contributed by atoms with van der Waals surface area (Å²) in [6, 6.07) is 14.0. The third kappa shape index (κ3) is 4.65. The van der Waals surface area contributed by atoms with Crippen molar-refractivity contribution < 1.29 is 9.59 Å². The van der Waals surface area contributed by atoms with Crippen LogP contribution in [-0.2, 0) is 11.3 Å². The van der Waals surface area contributed by atoms with Crippen LogP contribution in [0.1, 0.15) is 17.3 Å². The summed E-state index contributed by atoms with van der Waals surface area (Å²) in [5, 5.41) is 3.85. The van der Waals surface area contributed by atoms with E-state index in [1.165, 1.54) is 16.7 Å². The Balaban J connectivity index is 1.74. The highest BCUT2D eigenvalue weighted by molar-refractivity contribution is 7.99. The maximum Gasteiger partial charge on any atom is 0.262 e. The molecule has 0 unspecified atom stereocenters. The zero-order valence-electron chi connectivity index (χ0n) is 16.5. The van der Waals surface area contributed by atoms with Crippen molar-refractivity contribution in [3.8, 4) is 0 Å². The van der Waals surface area contributed by atoms with Crippen LogP contribution >= 0.6 is 11.8 Å². The molecule has 0 saturated carbocycles. The number of hydrogen-bond donors (Lipinski definition) is 1. The van der Waals surface area contributed by atoms with Crippen LogP contribution in [0.4, 0.5) is 5.69 Å². The minimum Gasteiger partial charge on any atom is -0.345 e. The van der Waals surface area contributed by atoms with E-state index in [-0.39, 0.29) is 23.1 Å². The smallest absolute Gasteiger partial charge is 0.262 e. The molecule has 0 fully saturated rings. The summed E-state index contributed by atoms with van der Waals surface area (Å²) in [5.41, 5.74) is 1.54. The normalized spacial score (nSPS) is 10.7. The number of aromatic nitrogens is 2. The molecule has 0 aliphatic carbocycles. The van der Waals surface area contributed by atoms with E-state index in [1.54, 1.807) is 61.1 Å². The van der Waals surface area contributed by atoms with Gasteiger partial charge in [0.1, 0.15) is 0 Å². The first-order valence-electron chi connectivity index (χ1n) is 9.14. The van der Waals surface area contributed by atoms with Gasteiger partial charge in [-0.15, -0.1) is 0 Å². The summed E-state index contributed by atoms with van der Waals surface area (Å²) in [5.74, 6) is -0.284. The van der Waals surface area contributed by atoms with Crippen LogP contribution < -0.4 is 10.9 Å². The summed E-state index contributed by atoms with van der Waals surface area (Å²) in [7, 11) is 3.35. The molecule has 0 atom stereocenters. The van der Waals surface area contributed by atoms with Gasteiger partial charge < -0.3 is 10.2 Å². The first-order valence-corrected chi connectivity index (χ1v) is 10.1. The summed E-state index contributed by atoms with van der Waals surface area (Å²) >= 11 is 1.21. The number of amides is 2. The highest BCUT2D eigenvalue weighted by Crippen LogP contribution is 2.19. The zero-order valence-corrected chi connectivity index (χ0v) is 17.3. The van der Waals surface area contributed by atoms with E-state index in [0.29, 0.717) is 33.9 Å². The number of thioether (sulfide) groups is 1. The molecule has 2 amide bonds. The van der Waals surface area contributed by atoms with Gasteiger partial charge in [0, 0.05) is 31.9 Å².